The van der Waals surface area contributed by atoms with Gasteiger partial charge in [-0.15, -0.1) is 12.4 Å². The number of halogens is 1. The van der Waals surface area contributed by atoms with Crippen LogP contribution in [0.3, 0.4) is 0 Å². The summed E-state index contributed by atoms with van der Waals surface area (Å²) in [6.07, 6.45) is 0.875. The minimum absolute atomic E-state index is 0. The Morgan fingerprint density at radius 1 is 1.45 bits per heavy atom. The van der Waals surface area contributed by atoms with E-state index < -0.39 is 15.7 Å². The van der Waals surface area contributed by atoms with Crippen LogP contribution in [0.5, 0.6) is 0 Å². The number of aliphatic hydroxyl groups is 1. The number of hydrogen-bond donors (Lipinski definition) is 2. The van der Waals surface area contributed by atoms with Crippen LogP contribution in [0.2, 0.25) is 0 Å². The maximum Gasteiger partial charge on any atom is 0.238 e. The van der Waals surface area contributed by atoms with Crippen LogP contribution < -0.4 is 5.14 Å². The zero-order valence-electron chi connectivity index (χ0n) is 12.0. The van der Waals surface area contributed by atoms with Gasteiger partial charge in [0.05, 0.1) is 10.6 Å². The summed E-state index contributed by atoms with van der Waals surface area (Å²) < 4.78 is 23.3. The molecular formula is C13H18ClN3O3S2. The fourth-order valence-electron chi connectivity index (χ4n) is 2.69. The van der Waals surface area contributed by atoms with E-state index in [1.807, 2.05) is 4.90 Å². The minimum Gasteiger partial charge on any atom is -0.366 e. The number of fused-ring (bicyclic) bond motifs is 1. The van der Waals surface area contributed by atoms with Crippen molar-refractivity contribution in [3.63, 3.8) is 0 Å². The van der Waals surface area contributed by atoms with Gasteiger partial charge in [0.2, 0.25) is 10.0 Å². The highest BCUT2D eigenvalue weighted by Crippen LogP contribution is 2.40. The molecule has 0 spiro atoms. The molecule has 1 unspecified atom stereocenters. The Morgan fingerprint density at radius 2 is 2.18 bits per heavy atom. The first-order chi connectivity index (χ1) is 9.82. The zero-order valence-corrected chi connectivity index (χ0v) is 14.5. The Kier molecular flexibility index (Phi) is 4.79. The molecule has 3 rings (SSSR count). The minimum atomic E-state index is -3.81. The largest absolute Gasteiger partial charge is 0.366 e. The van der Waals surface area contributed by atoms with Crippen LogP contribution in [-0.4, -0.2) is 42.4 Å². The average Bonchev–Trinajstić information content (AvgIpc) is 2.77. The van der Waals surface area contributed by atoms with Gasteiger partial charge < -0.3 is 10.0 Å². The molecule has 3 N–H and O–H groups in total. The topological polar surface area (TPSA) is 96.0 Å². The summed E-state index contributed by atoms with van der Waals surface area (Å²) in [5.74, 6) is 0.430. The summed E-state index contributed by atoms with van der Waals surface area (Å²) in [4.78, 5) is 6.31. The molecule has 1 saturated heterocycles. The van der Waals surface area contributed by atoms with Gasteiger partial charge in [0.1, 0.15) is 0 Å². The molecular weight excluding hydrogens is 346 g/mol. The van der Waals surface area contributed by atoms with E-state index in [1.54, 1.807) is 19.1 Å². The molecule has 0 saturated carbocycles. The predicted octanol–water partition coefficient (Wildman–Crippen LogP) is 1.02. The van der Waals surface area contributed by atoms with Gasteiger partial charge in [-0.05, 0) is 25.0 Å². The van der Waals surface area contributed by atoms with E-state index in [2.05, 4.69) is 4.99 Å². The molecule has 1 fully saturated rings. The van der Waals surface area contributed by atoms with Gasteiger partial charge in [-0.3, -0.25) is 4.99 Å². The number of nitrogens with two attached hydrogens (primary N) is 1. The summed E-state index contributed by atoms with van der Waals surface area (Å²) in [6, 6.07) is 4.90. The van der Waals surface area contributed by atoms with Crippen LogP contribution in [0.1, 0.15) is 17.5 Å². The zero-order chi connectivity index (χ0) is 15.3. The van der Waals surface area contributed by atoms with Gasteiger partial charge >= 0.3 is 0 Å². The van der Waals surface area contributed by atoms with E-state index in [9.17, 15) is 13.5 Å². The third kappa shape index (κ3) is 2.85. The standard InChI is InChI=1S/C13H17N3O3S2.ClH/c1-9-3-4-10(7-11(9)21(14,18)19)13(17)8-20-12-15-5-2-6-16(12)13;/h3-4,7,17H,2,5-6,8H2,1H3,(H2,14,18,19);1H. The van der Waals surface area contributed by atoms with Gasteiger partial charge in [0.15, 0.2) is 10.9 Å². The van der Waals surface area contributed by atoms with Crippen LogP contribution in [0, 0.1) is 6.92 Å². The van der Waals surface area contributed by atoms with Crippen molar-refractivity contribution in [3.05, 3.63) is 29.3 Å². The van der Waals surface area contributed by atoms with E-state index in [-0.39, 0.29) is 17.3 Å². The molecule has 0 aliphatic carbocycles. The molecule has 122 valence electrons. The number of aliphatic imine (C=N–C) groups is 1. The van der Waals surface area contributed by atoms with Crippen molar-refractivity contribution < 1.29 is 13.5 Å². The lowest BCUT2D eigenvalue weighted by Crippen LogP contribution is -2.47. The average molecular weight is 364 g/mol. The second-order valence-corrected chi connectivity index (χ2v) is 7.77. The number of thioether (sulfide) groups is 1. The highest BCUT2D eigenvalue weighted by atomic mass is 35.5. The van der Waals surface area contributed by atoms with E-state index in [0.717, 1.165) is 18.1 Å². The molecule has 0 aromatic heterocycles. The van der Waals surface area contributed by atoms with Gasteiger partial charge in [0.25, 0.3) is 0 Å². The van der Waals surface area contributed by atoms with Crippen molar-refractivity contribution in [2.24, 2.45) is 10.1 Å². The fraction of sp³-hybridized carbons (Fsp3) is 0.462. The predicted molar refractivity (Wildman–Crippen MR) is 89.8 cm³/mol. The maximum absolute atomic E-state index is 11.7. The smallest absolute Gasteiger partial charge is 0.238 e. The third-order valence-corrected chi connectivity index (χ3v) is 6.03. The number of amidine groups is 1. The number of benzene rings is 1. The molecule has 0 bridgehead atoms. The highest BCUT2D eigenvalue weighted by molar-refractivity contribution is 8.14. The molecule has 9 heteroatoms. The van der Waals surface area contributed by atoms with Crippen LogP contribution in [-0.2, 0) is 15.7 Å². The van der Waals surface area contributed by atoms with Gasteiger partial charge in [-0.2, -0.15) is 0 Å². The van der Waals surface area contributed by atoms with Gasteiger partial charge in [-0.1, -0.05) is 23.9 Å². The number of aryl methyl sites for hydroxylation is 1. The Hall–Kier alpha value is -0.800. The third-order valence-electron chi connectivity index (χ3n) is 3.82. The summed E-state index contributed by atoms with van der Waals surface area (Å²) in [6.45, 7) is 3.16. The molecule has 1 aromatic carbocycles. The van der Waals surface area contributed by atoms with E-state index >= 15 is 0 Å². The SMILES string of the molecule is Cc1ccc(C2(O)CSC3=NCCCN32)cc1S(N)(=O)=O.Cl. The molecule has 2 heterocycles. The van der Waals surface area contributed by atoms with Crippen LogP contribution in [0.15, 0.2) is 28.1 Å². The second kappa shape index (κ2) is 6.01. The first-order valence-corrected chi connectivity index (χ1v) is 9.17. The summed E-state index contributed by atoms with van der Waals surface area (Å²) in [5, 5.41) is 17.1. The molecule has 2 aliphatic rings. The van der Waals surface area contributed by atoms with Crippen LogP contribution >= 0.6 is 24.2 Å². The molecule has 22 heavy (non-hydrogen) atoms. The highest BCUT2D eigenvalue weighted by Gasteiger charge is 2.45. The molecule has 6 nitrogen and oxygen atoms in total. The lowest BCUT2D eigenvalue weighted by atomic mass is 10.0. The lowest BCUT2D eigenvalue weighted by Gasteiger charge is -2.36. The van der Waals surface area contributed by atoms with Crippen molar-refractivity contribution in [2.45, 2.75) is 24.0 Å². The lowest BCUT2D eigenvalue weighted by molar-refractivity contribution is -0.0498. The summed E-state index contributed by atoms with van der Waals surface area (Å²) in [7, 11) is -3.81. The van der Waals surface area contributed by atoms with Crippen LogP contribution in [0.25, 0.3) is 0 Å². The summed E-state index contributed by atoms with van der Waals surface area (Å²) >= 11 is 1.49. The monoisotopic (exact) mass is 363 g/mol. The van der Waals surface area contributed by atoms with E-state index in [4.69, 9.17) is 5.14 Å². The van der Waals surface area contributed by atoms with Gasteiger partial charge in [0, 0.05) is 18.7 Å². The molecule has 0 amide bonds. The molecule has 1 aromatic rings. The second-order valence-electron chi connectivity index (χ2n) is 5.30. The number of rotatable bonds is 2. The van der Waals surface area contributed by atoms with Crippen molar-refractivity contribution >= 4 is 39.4 Å². The fourth-order valence-corrected chi connectivity index (χ4v) is 4.73. The maximum atomic E-state index is 11.7. The quantitative estimate of drug-likeness (QED) is 0.817. The van der Waals surface area contributed by atoms with Crippen molar-refractivity contribution in [1.82, 2.24) is 4.90 Å². The van der Waals surface area contributed by atoms with E-state index in [0.29, 0.717) is 23.4 Å². The van der Waals surface area contributed by atoms with Crippen LogP contribution in [0.4, 0.5) is 0 Å². The number of sulfonamides is 1. The Balaban J connectivity index is 0.00000176. The Bertz CT molecular complexity index is 723. The Labute approximate surface area is 140 Å². The first-order valence-electron chi connectivity index (χ1n) is 6.63. The van der Waals surface area contributed by atoms with E-state index in [1.165, 1.54) is 17.8 Å². The van der Waals surface area contributed by atoms with Crippen molar-refractivity contribution in [1.29, 1.82) is 0 Å². The molecule has 1 atom stereocenters. The van der Waals surface area contributed by atoms with Crippen molar-refractivity contribution in [2.75, 3.05) is 18.8 Å². The van der Waals surface area contributed by atoms with Crippen molar-refractivity contribution in [3.8, 4) is 0 Å². The molecule has 0 radical (unpaired) electrons. The Morgan fingerprint density at radius 3 is 2.86 bits per heavy atom. The first kappa shape index (κ1) is 17.6. The number of nitrogens with zero attached hydrogens (tertiary/aromatic N) is 2. The number of primary sulfonamides is 1. The normalized spacial score (nSPS) is 24.5. The summed E-state index contributed by atoms with van der Waals surface area (Å²) in [5.41, 5.74) is -0.114. The number of hydrogen-bond acceptors (Lipinski definition) is 6. The van der Waals surface area contributed by atoms with Gasteiger partial charge in [-0.25, -0.2) is 13.6 Å². The molecule has 2 aliphatic heterocycles.